The van der Waals surface area contributed by atoms with Crippen LogP contribution in [-0.2, 0) is 6.54 Å². The van der Waals surface area contributed by atoms with Crippen LogP contribution in [0.2, 0.25) is 5.02 Å². The molecule has 1 aliphatic carbocycles. The van der Waals surface area contributed by atoms with E-state index < -0.39 is 5.76 Å². The number of nitrogens with zero attached hydrogens (tertiary/aromatic N) is 5. The van der Waals surface area contributed by atoms with Crippen molar-refractivity contribution in [3.63, 3.8) is 0 Å². The molecular formula is C24H28ClN7O3. The topological polar surface area (TPSA) is 135 Å². The Morgan fingerprint density at radius 1 is 1.26 bits per heavy atom. The number of aliphatic hydroxyl groups is 1. The lowest BCUT2D eigenvalue weighted by Gasteiger charge is -2.27. The summed E-state index contributed by atoms with van der Waals surface area (Å²) in [5.74, 6) is 1.47. The van der Waals surface area contributed by atoms with Crippen LogP contribution in [0.25, 0.3) is 34.1 Å². The number of H-pyrrole nitrogens is 1. The van der Waals surface area contributed by atoms with Crippen LogP contribution < -0.4 is 11.1 Å². The zero-order chi connectivity index (χ0) is 24.5. The maximum absolute atomic E-state index is 11.6. The van der Waals surface area contributed by atoms with E-state index in [1.807, 2.05) is 25.1 Å². The summed E-state index contributed by atoms with van der Waals surface area (Å²) >= 11 is 6.33. The SMILES string of the molecule is CC1CCC(Cn2c(NC(C)CO)nc3nc(-c4noc(=O)[nH]4)nc(-c4cccc(Cl)c4)c32)CC1. The zero-order valence-electron chi connectivity index (χ0n) is 19.7. The highest BCUT2D eigenvalue weighted by atomic mass is 35.5. The first-order valence-corrected chi connectivity index (χ1v) is 12.3. The van der Waals surface area contributed by atoms with Gasteiger partial charge in [0, 0.05) is 23.2 Å². The second-order valence-electron chi connectivity index (χ2n) is 9.42. The van der Waals surface area contributed by atoms with Gasteiger partial charge in [-0.1, -0.05) is 48.7 Å². The Kier molecular flexibility index (Phi) is 6.57. The molecule has 3 heterocycles. The van der Waals surface area contributed by atoms with E-state index in [-0.39, 0.29) is 24.3 Å². The van der Waals surface area contributed by atoms with Gasteiger partial charge in [0.15, 0.2) is 5.65 Å². The number of fused-ring (bicyclic) bond motifs is 1. The molecule has 0 amide bonds. The maximum Gasteiger partial charge on any atom is 0.439 e. The highest BCUT2D eigenvalue weighted by Crippen LogP contribution is 2.35. The normalized spacial score (nSPS) is 19.2. The van der Waals surface area contributed by atoms with Gasteiger partial charge in [-0.05, 0) is 43.7 Å². The summed E-state index contributed by atoms with van der Waals surface area (Å²) in [4.78, 5) is 28.3. The van der Waals surface area contributed by atoms with Gasteiger partial charge < -0.3 is 15.0 Å². The monoisotopic (exact) mass is 497 g/mol. The Balaban J connectivity index is 1.71. The van der Waals surface area contributed by atoms with Gasteiger partial charge in [-0.15, -0.1) is 0 Å². The van der Waals surface area contributed by atoms with Gasteiger partial charge in [0.25, 0.3) is 0 Å². The molecule has 184 valence electrons. The first kappa shape index (κ1) is 23.5. The Bertz CT molecular complexity index is 1390. The quantitative estimate of drug-likeness (QED) is 0.347. The molecule has 0 bridgehead atoms. The summed E-state index contributed by atoms with van der Waals surface area (Å²) < 4.78 is 6.79. The summed E-state index contributed by atoms with van der Waals surface area (Å²) in [6.07, 6.45) is 4.69. The summed E-state index contributed by atoms with van der Waals surface area (Å²) in [7, 11) is 0. The van der Waals surface area contributed by atoms with Crippen molar-refractivity contribution in [3.8, 4) is 22.9 Å². The lowest BCUT2D eigenvalue weighted by Crippen LogP contribution is -2.24. The van der Waals surface area contributed by atoms with Crippen molar-refractivity contribution in [3.05, 3.63) is 39.8 Å². The number of benzene rings is 1. The van der Waals surface area contributed by atoms with E-state index in [0.717, 1.165) is 36.4 Å². The van der Waals surface area contributed by atoms with Gasteiger partial charge in [0.1, 0.15) is 11.2 Å². The predicted octanol–water partition coefficient (Wildman–Crippen LogP) is 4.11. The predicted molar refractivity (Wildman–Crippen MR) is 133 cm³/mol. The minimum absolute atomic E-state index is 0.0393. The highest BCUT2D eigenvalue weighted by molar-refractivity contribution is 6.30. The third-order valence-corrected chi connectivity index (χ3v) is 6.81. The van der Waals surface area contributed by atoms with Crippen molar-refractivity contribution < 1.29 is 9.63 Å². The highest BCUT2D eigenvalue weighted by Gasteiger charge is 2.25. The summed E-state index contributed by atoms with van der Waals surface area (Å²) in [6.45, 7) is 4.91. The van der Waals surface area contributed by atoms with Crippen molar-refractivity contribution in [1.82, 2.24) is 29.7 Å². The number of aliphatic hydroxyl groups excluding tert-OH is 1. The van der Waals surface area contributed by atoms with E-state index in [9.17, 15) is 9.90 Å². The molecule has 5 rings (SSSR count). The number of aromatic amines is 1. The number of nitrogens with one attached hydrogen (secondary N) is 2. The molecular weight excluding hydrogens is 470 g/mol. The molecule has 0 aliphatic heterocycles. The molecule has 0 saturated heterocycles. The minimum Gasteiger partial charge on any atom is -0.394 e. The van der Waals surface area contributed by atoms with Gasteiger partial charge in [-0.25, -0.2) is 14.8 Å². The van der Waals surface area contributed by atoms with Gasteiger partial charge in [0.2, 0.25) is 17.6 Å². The Hall–Kier alpha value is -3.24. The lowest BCUT2D eigenvalue weighted by molar-refractivity contribution is 0.265. The average molecular weight is 498 g/mol. The molecule has 1 aliphatic rings. The van der Waals surface area contributed by atoms with Crippen LogP contribution in [0.4, 0.5) is 5.95 Å². The fraction of sp³-hybridized carbons (Fsp3) is 0.458. The number of aromatic nitrogens is 6. The lowest BCUT2D eigenvalue weighted by atomic mass is 9.83. The molecule has 11 heteroatoms. The van der Waals surface area contributed by atoms with Crippen LogP contribution in [0.5, 0.6) is 0 Å². The van der Waals surface area contributed by atoms with Crippen molar-refractivity contribution in [2.75, 3.05) is 11.9 Å². The van der Waals surface area contributed by atoms with Crippen molar-refractivity contribution in [2.24, 2.45) is 11.8 Å². The Labute approximate surface area is 206 Å². The van der Waals surface area contributed by atoms with Gasteiger partial charge in [-0.2, -0.15) is 4.98 Å². The van der Waals surface area contributed by atoms with E-state index in [2.05, 4.69) is 36.5 Å². The summed E-state index contributed by atoms with van der Waals surface area (Å²) in [6, 6.07) is 7.22. The average Bonchev–Trinajstić information content (AvgIpc) is 3.43. The molecule has 0 spiro atoms. The van der Waals surface area contributed by atoms with Crippen LogP contribution in [0, 0.1) is 11.8 Å². The second-order valence-corrected chi connectivity index (χ2v) is 9.86. The summed E-state index contributed by atoms with van der Waals surface area (Å²) in [5, 5.41) is 17.3. The number of imidazole rings is 1. The van der Waals surface area contributed by atoms with Gasteiger partial charge in [0.05, 0.1) is 6.61 Å². The standard InChI is InChI=1S/C24H28ClN7O3/c1-13-6-8-15(9-7-13)11-32-19-18(16-4-3-5-17(25)10-16)27-21(22-30-24(34)35-31-22)28-20(19)29-23(32)26-14(2)12-33/h3-5,10,13-15,33H,6-9,11-12H2,1-2H3,(H,30,31,34)(H,26,27,28,29). The number of hydrogen-bond acceptors (Lipinski definition) is 8. The molecule has 3 aromatic heterocycles. The summed E-state index contributed by atoms with van der Waals surface area (Å²) in [5.41, 5.74) is 2.62. The third-order valence-electron chi connectivity index (χ3n) is 6.58. The number of anilines is 1. The molecule has 35 heavy (non-hydrogen) atoms. The first-order chi connectivity index (χ1) is 16.9. The molecule has 10 nitrogen and oxygen atoms in total. The molecule has 3 N–H and O–H groups in total. The molecule has 1 aromatic carbocycles. The van der Waals surface area contributed by atoms with Crippen molar-refractivity contribution >= 4 is 28.7 Å². The first-order valence-electron chi connectivity index (χ1n) is 11.9. The Morgan fingerprint density at radius 3 is 2.74 bits per heavy atom. The second kappa shape index (κ2) is 9.79. The minimum atomic E-state index is -0.691. The molecule has 0 radical (unpaired) electrons. The third kappa shape index (κ3) is 4.94. The molecule has 1 atom stereocenters. The Morgan fingerprint density at radius 2 is 2.06 bits per heavy atom. The van der Waals surface area contributed by atoms with Crippen LogP contribution in [0.15, 0.2) is 33.6 Å². The molecule has 4 aromatic rings. The number of rotatable bonds is 7. The molecule has 1 saturated carbocycles. The largest absolute Gasteiger partial charge is 0.439 e. The fourth-order valence-corrected chi connectivity index (χ4v) is 4.82. The van der Waals surface area contributed by atoms with E-state index in [0.29, 0.717) is 28.2 Å². The molecule has 1 fully saturated rings. The van der Waals surface area contributed by atoms with Crippen LogP contribution >= 0.6 is 11.6 Å². The zero-order valence-corrected chi connectivity index (χ0v) is 20.4. The van der Waals surface area contributed by atoms with E-state index >= 15 is 0 Å². The van der Waals surface area contributed by atoms with Crippen LogP contribution in [-0.4, -0.2) is 47.4 Å². The smallest absolute Gasteiger partial charge is 0.394 e. The van der Waals surface area contributed by atoms with Crippen molar-refractivity contribution in [1.29, 1.82) is 0 Å². The van der Waals surface area contributed by atoms with Crippen molar-refractivity contribution in [2.45, 2.75) is 52.1 Å². The number of halogens is 1. The van der Waals surface area contributed by atoms with Gasteiger partial charge in [-0.3, -0.25) is 9.51 Å². The van der Waals surface area contributed by atoms with E-state index in [1.165, 1.54) is 12.8 Å². The fourth-order valence-electron chi connectivity index (χ4n) is 4.63. The number of hydrogen-bond donors (Lipinski definition) is 3. The van der Waals surface area contributed by atoms with Crippen LogP contribution in [0.3, 0.4) is 0 Å². The van der Waals surface area contributed by atoms with Gasteiger partial charge >= 0.3 is 5.76 Å². The van der Waals surface area contributed by atoms with E-state index in [1.54, 1.807) is 6.07 Å². The van der Waals surface area contributed by atoms with Crippen LogP contribution in [0.1, 0.15) is 39.5 Å². The molecule has 1 unspecified atom stereocenters. The van der Waals surface area contributed by atoms with E-state index in [4.69, 9.17) is 21.6 Å². The maximum atomic E-state index is 11.6.